The van der Waals surface area contributed by atoms with E-state index in [0.29, 0.717) is 41.7 Å². The fourth-order valence-corrected chi connectivity index (χ4v) is 5.07. The van der Waals surface area contributed by atoms with Gasteiger partial charge in [0.05, 0.1) is 23.3 Å². The number of carbonyl (C=O) groups is 2. The second-order valence-corrected chi connectivity index (χ2v) is 9.56. The fourth-order valence-electron chi connectivity index (χ4n) is 4.81. The average molecular weight is 502 g/mol. The summed E-state index contributed by atoms with van der Waals surface area (Å²) in [6, 6.07) is 10.7. The summed E-state index contributed by atoms with van der Waals surface area (Å²) < 4.78 is 17.3. The zero-order valence-corrected chi connectivity index (χ0v) is 20.7. The van der Waals surface area contributed by atoms with E-state index in [4.69, 9.17) is 25.8 Å². The molecule has 2 aliphatic rings. The first-order chi connectivity index (χ1) is 16.9. The number of carbonyl (C=O) groups excluding carboxylic acids is 1. The highest BCUT2D eigenvalue weighted by atomic mass is 35.5. The van der Waals surface area contributed by atoms with E-state index in [1.54, 1.807) is 18.2 Å². The predicted molar refractivity (Wildman–Crippen MR) is 132 cm³/mol. The summed E-state index contributed by atoms with van der Waals surface area (Å²) in [6.07, 6.45) is 6.09. The summed E-state index contributed by atoms with van der Waals surface area (Å²) in [5.41, 5.74) is 0.731. The Labute approximate surface area is 210 Å². The van der Waals surface area contributed by atoms with Gasteiger partial charge in [0.2, 0.25) is 0 Å². The van der Waals surface area contributed by atoms with Crippen LogP contribution in [0.1, 0.15) is 66.9 Å². The second-order valence-electron chi connectivity index (χ2n) is 9.15. The smallest absolute Gasteiger partial charge is 0.336 e. The Kier molecular flexibility index (Phi) is 8.19. The van der Waals surface area contributed by atoms with E-state index in [1.165, 1.54) is 12.8 Å². The number of halogens is 1. The molecule has 1 aliphatic carbocycles. The second kappa shape index (κ2) is 11.3. The number of hydrogen-bond donors (Lipinski definition) is 2. The molecule has 1 amide bonds. The van der Waals surface area contributed by atoms with E-state index in [2.05, 4.69) is 5.32 Å². The molecule has 0 spiro atoms. The molecule has 35 heavy (non-hydrogen) atoms. The molecule has 2 fully saturated rings. The van der Waals surface area contributed by atoms with E-state index >= 15 is 0 Å². The summed E-state index contributed by atoms with van der Waals surface area (Å²) in [5, 5.41) is 13.0. The molecule has 0 aromatic heterocycles. The van der Waals surface area contributed by atoms with Gasteiger partial charge in [0.25, 0.3) is 5.91 Å². The van der Waals surface area contributed by atoms with Crippen molar-refractivity contribution in [3.63, 3.8) is 0 Å². The van der Waals surface area contributed by atoms with Crippen molar-refractivity contribution in [2.75, 3.05) is 13.2 Å². The average Bonchev–Trinajstić information content (AvgIpc) is 3.52. The third-order valence-electron chi connectivity index (χ3n) is 6.64. The number of amides is 1. The molecule has 2 aromatic carbocycles. The van der Waals surface area contributed by atoms with Gasteiger partial charge < -0.3 is 24.6 Å². The van der Waals surface area contributed by atoms with Crippen LogP contribution < -0.4 is 14.8 Å². The number of rotatable bonds is 10. The van der Waals surface area contributed by atoms with Crippen LogP contribution in [0.3, 0.4) is 0 Å². The molecule has 188 valence electrons. The van der Waals surface area contributed by atoms with Crippen LogP contribution in [0.4, 0.5) is 0 Å². The van der Waals surface area contributed by atoms with Gasteiger partial charge in [0, 0.05) is 25.1 Å². The topological polar surface area (TPSA) is 94.1 Å². The lowest BCUT2D eigenvalue weighted by Crippen LogP contribution is -2.40. The Bertz CT molecular complexity index is 1060. The number of benzene rings is 2. The maximum Gasteiger partial charge on any atom is 0.336 e. The summed E-state index contributed by atoms with van der Waals surface area (Å²) in [4.78, 5) is 24.8. The lowest BCUT2D eigenvalue weighted by Gasteiger charge is -2.24. The van der Waals surface area contributed by atoms with Gasteiger partial charge in [-0.25, -0.2) is 4.79 Å². The molecule has 1 unspecified atom stereocenters. The molecule has 1 saturated carbocycles. The molecule has 1 heterocycles. The molecule has 1 saturated heterocycles. The molecule has 2 aromatic rings. The number of carboxylic acids is 1. The van der Waals surface area contributed by atoms with Crippen LogP contribution in [0.25, 0.3) is 0 Å². The van der Waals surface area contributed by atoms with Crippen LogP contribution >= 0.6 is 11.6 Å². The Balaban J connectivity index is 1.45. The lowest BCUT2D eigenvalue weighted by molar-refractivity contribution is -0.159. The Morgan fingerprint density at radius 1 is 1.17 bits per heavy atom. The quantitative estimate of drug-likeness (QED) is 0.466. The minimum Gasteiger partial charge on any atom is -0.494 e. The largest absolute Gasteiger partial charge is 0.494 e. The van der Waals surface area contributed by atoms with Crippen molar-refractivity contribution in [3.8, 4) is 11.5 Å². The van der Waals surface area contributed by atoms with Gasteiger partial charge in [-0.3, -0.25) is 4.79 Å². The third kappa shape index (κ3) is 6.08. The van der Waals surface area contributed by atoms with Gasteiger partial charge in [-0.15, -0.1) is 0 Å². The van der Waals surface area contributed by atoms with E-state index < -0.39 is 11.6 Å². The summed E-state index contributed by atoms with van der Waals surface area (Å²) in [5.74, 6) is 0.0519. The molecular formula is C27H32ClNO6. The third-order valence-corrected chi connectivity index (χ3v) is 6.95. The van der Waals surface area contributed by atoms with Crippen molar-refractivity contribution in [2.24, 2.45) is 0 Å². The van der Waals surface area contributed by atoms with E-state index in [1.807, 2.05) is 25.1 Å². The van der Waals surface area contributed by atoms with Gasteiger partial charge in [0.15, 0.2) is 5.60 Å². The normalized spacial score (nSPS) is 20.1. The standard InChI is InChI=1S/C27H32ClNO6/c1-2-33-24-11-8-18(16-27(26(31)32)12-5-13-34-27)14-19(24)17-29-25(30)22-10-9-21(15-23(22)28)35-20-6-3-4-7-20/h8-11,14-15,20H,2-7,12-13,16-17H2,1H3,(H,29,30)(H,31,32). The molecule has 1 aliphatic heterocycles. The van der Waals surface area contributed by atoms with Crippen molar-refractivity contribution >= 4 is 23.5 Å². The SMILES string of the molecule is CCOc1ccc(CC2(C(=O)O)CCCO2)cc1CNC(=O)c1ccc(OC2CCCC2)cc1Cl. The van der Waals surface area contributed by atoms with Gasteiger partial charge in [0.1, 0.15) is 11.5 Å². The highest BCUT2D eigenvalue weighted by Gasteiger charge is 2.43. The Morgan fingerprint density at radius 2 is 1.97 bits per heavy atom. The number of carboxylic acid groups (broad SMARTS) is 1. The van der Waals surface area contributed by atoms with Crippen molar-refractivity contribution in [2.45, 2.75) is 70.1 Å². The molecule has 0 radical (unpaired) electrons. The van der Waals surface area contributed by atoms with Crippen molar-refractivity contribution < 1.29 is 28.9 Å². The van der Waals surface area contributed by atoms with Crippen LogP contribution in [0.2, 0.25) is 5.02 Å². The van der Waals surface area contributed by atoms with Gasteiger partial charge in [-0.2, -0.15) is 0 Å². The first kappa shape index (κ1) is 25.3. The van der Waals surface area contributed by atoms with Gasteiger partial charge in [-0.1, -0.05) is 23.7 Å². The number of aliphatic carboxylic acids is 1. The Morgan fingerprint density at radius 3 is 2.63 bits per heavy atom. The lowest BCUT2D eigenvalue weighted by atomic mass is 9.91. The van der Waals surface area contributed by atoms with Crippen molar-refractivity contribution in [1.82, 2.24) is 5.32 Å². The van der Waals surface area contributed by atoms with Crippen molar-refractivity contribution in [3.05, 3.63) is 58.1 Å². The molecule has 7 nitrogen and oxygen atoms in total. The summed E-state index contributed by atoms with van der Waals surface area (Å²) in [6.45, 7) is 3.00. The fraction of sp³-hybridized carbons (Fsp3) is 0.481. The number of hydrogen-bond acceptors (Lipinski definition) is 5. The zero-order valence-electron chi connectivity index (χ0n) is 20.0. The Hall–Kier alpha value is -2.77. The number of ether oxygens (including phenoxy) is 3. The molecule has 0 bridgehead atoms. The van der Waals surface area contributed by atoms with Crippen molar-refractivity contribution in [1.29, 1.82) is 0 Å². The first-order valence-electron chi connectivity index (χ1n) is 12.3. The predicted octanol–water partition coefficient (Wildman–Crippen LogP) is 5.17. The summed E-state index contributed by atoms with van der Waals surface area (Å²) >= 11 is 6.40. The van der Waals surface area contributed by atoms with Gasteiger partial charge >= 0.3 is 5.97 Å². The highest BCUT2D eigenvalue weighted by molar-refractivity contribution is 6.34. The molecule has 8 heteroatoms. The van der Waals surface area contributed by atoms with Gasteiger partial charge in [-0.05, 0) is 75.3 Å². The maximum absolute atomic E-state index is 12.9. The molecule has 2 N–H and O–H groups in total. The molecule has 1 atom stereocenters. The monoisotopic (exact) mass is 501 g/mol. The minimum absolute atomic E-state index is 0.208. The zero-order chi connectivity index (χ0) is 24.8. The first-order valence-corrected chi connectivity index (χ1v) is 12.6. The molecule has 4 rings (SSSR count). The molecular weight excluding hydrogens is 470 g/mol. The van der Waals surface area contributed by atoms with E-state index in [0.717, 1.165) is 30.4 Å². The highest BCUT2D eigenvalue weighted by Crippen LogP contribution is 2.32. The van der Waals surface area contributed by atoms with E-state index in [9.17, 15) is 14.7 Å². The maximum atomic E-state index is 12.9. The minimum atomic E-state index is -1.20. The summed E-state index contributed by atoms with van der Waals surface area (Å²) in [7, 11) is 0. The van der Waals surface area contributed by atoms with Crippen LogP contribution in [0.5, 0.6) is 11.5 Å². The van der Waals surface area contributed by atoms with Crippen LogP contribution in [0.15, 0.2) is 36.4 Å². The van der Waals surface area contributed by atoms with Crippen LogP contribution in [0, 0.1) is 0 Å². The van der Waals surface area contributed by atoms with E-state index in [-0.39, 0.29) is 25.0 Å². The van der Waals surface area contributed by atoms with Crippen LogP contribution in [-0.2, 0) is 22.5 Å². The number of nitrogens with one attached hydrogen (secondary N) is 1. The van der Waals surface area contributed by atoms with Crippen LogP contribution in [-0.4, -0.2) is 41.9 Å².